The molecule has 0 atom stereocenters. The molecule has 1 aromatic heterocycles. The van der Waals surface area contributed by atoms with Crippen LogP contribution in [-0.4, -0.2) is 28.6 Å². The average molecular weight is 284 g/mol. The Morgan fingerprint density at radius 1 is 1.32 bits per heavy atom. The first-order chi connectivity index (χ1) is 8.81. The van der Waals surface area contributed by atoms with Crippen molar-refractivity contribution < 1.29 is 9.84 Å². The molecule has 1 aromatic carbocycles. The van der Waals surface area contributed by atoms with E-state index in [9.17, 15) is 0 Å². The van der Waals surface area contributed by atoms with Gasteiger partial charge in [-0.3, -0.25) is 4.68 Å². The SMILES string of the molecule is COc1ccc(CNc2cnn(CCO)c2)cc1.Cl. The van der Waals surface area contributed by atoms with Crippen LogP contribution in [0.5, 0.6) is 5.75 Å². The fraction of sp³-hybridized carbons (Fsp3) is 0.308. The maximum absolute atomic E-state index is 8.79. The molecule has 0 saturated heterocycles. The standard InChI is InChI=1S/C13H17N3O2.ClH/c1-18-13-4-2-11(3-5-13)8-14-12-9-15-16(10-12)6-7-17;/h2-5,9-10,14,17H,6-8H2,1H3;1H. The summed E-state index contributed by atoms with van der Waals surface area (Å²) in [6, 6.07) is 7.91. The predicted octanol–water partition coefficient (Wildman–Crippen LogP) is 1.92. The van der Waals surface area contributed by atoms with Crippen LogP contribution in [0.1, 0.15) is 5.56 Å². The van der Waals surface area contributed by atoms with Gasteiger partial charge in [0.2, 0.25) is 0 Å². The Balaban J connectivity index is 0.00000180. The van der Waals surface area contributed by atoms with Crippen molar-refractivity contribution in [2.45, 2.75) is 13.1 Å². The summed E-state index contributed by atoms with van der Waals surface area (Å²) in [5.41, 5.74) is 2.12. The molecule has 2 aromatic rings. The monoisotopic (exact) mass is 283 g/mol. The van der Waals surface area contributed by atoms with Gasteiger partial charge in [0.05, 0.1) is 32.1 Å². The zero-order valence-corrected chi connectivity index (χ0v) is 11.6. The zero-order valence-electron chi connectivity index (χ0n) is 10.7. The summed E-state index contributed by atoms with van der Waals surface area (Å²) in [5.74, 6) is 0.856. The van der Waals surface area contributed by atoms with E-state index in [-0.39, 0.29) is 19.0 Å². The van der Waals surface area contributed by atoms with Crippen molar-refractivity contribution in [1.29, 1.82) is 0 Å². The third-order valence-corrected chi connectivity index (χ3v) is 2.62. The molecule has 6 heteroatoms. The van der Waals surface area contributed by atoms with E-state index in [1.165, 1.54) is 5.56 Å². The number of anilines is 1. The van der Waals surface area contributed by atoms with E-state index in [1.54, 1.807) is 18.0 Å². The highest BCUT2D eigenvalue weighted by Crippen LogP contribution is 2.13. The second-order valence-corrected chi connectivity index (χ2v) is 3.92. The van der Waals surface area contributed by atoms with Gasteiger partial charge in [-0.05, 0) is 17.7 Å². The Morgan fingerprint density at radius 2 is 2.05 bits per heavy atom. The van der Waals surface area contributed by atoms with Crippen LogP contribution in [0.3, 0.4) is 0 Å². The summed E-state index contributed by atoms with van der Waals surface area (Å²) < 4.78 is 6.81. The number of aliphatic hydroxyl groups is 1. The third kappa shape index (κ3) is 4.46. The summed E-state index contributed by atoms with van der Waals surface area (Å²) in [6.45, 7) is 1.35. The van der Waals surface area contributed by atoms with Gasteiger partial charge in [-0.25, -0.2) is 0 Å². The normalized spacial score (nSPS) is 9.79. The van der Waals surface area contributed by atoms with Gasteiger partial charge in [0.25, 0.3) is 0 Å². The van der Waals surface area contributed by atoms with Crippen LogP contribution in [0, 0.1) is 0 Å². The van der Waals surface area contributed by atoms with Crippen molar-refractivity contribution in [1.82, 2.24) is 9.78 Å². The third-order valence-electron chi connectivity index (χ3n) is 2.62. The number of hydrogen-bond donors (Lipinski definition) is 2. The highest BCUT2D eigenvalue weighted by Gasteiger charge is 1.98. The van der Waals surface area contributed by atoms with Crippen LogP contribution >= 0.6 is 12.4 Å². The lowest BCUT2D eigenvalue weighted by molar-refractivity contribution is 0.269. The van der Waals surface area contributed by atoms with Gasteiger partial charge in [0.15, 0.2) is 0 Å². The molecule has 0 amide bonds. The number of hydrogen-bond acceptors (Lipinski definition) is 4. The minimum atomic E-state index is 0. The predicted molar refractivity (Wildman–Crippen MR) is 76.9 cm³/mol. The number of ether oxygens (including phenoxy) is 1. The lowest BCUT2D eigenvalue weighted by atomic mass is 10.2. The van der Waals surface area contributed by atoms with Crippen LogP contribution in [-0.2, 0) is 13.1 Å². The number of benzene rings is 1. The maximum atomic E-state index is 8.79. The fourth-order valence-corrected chi connectivity index (χ4v) is 1.63. The van der Waals surface area contributed by atoms with Gasteiger partial charge in [-0.1, -0.05) is 12.1 Å². The van der Waals surface area contributed by atoms with Crippen molar-refractivity contribution in [3.63, 3.8) is 0 Å². The first-order valence-electron chi connectivity index (χ1n) is 5.82. The van der Waals surface area contributed by atoms with Gasteiger partial charge < -0.3 is 15.2 Å². The molecule has 0 spiro atoms. The van der Waals surface area contributed by atoms with E-state index >= 15 is 0 Å². The van der Waals surface area contributed by atoms with E-state index in [4.69, 9.17) is 9.84 Å². The number of rotatable bonds is 6. The molecule has 1 heterocycles. The second-order valence-electron chi connectivity index (χ2n) is 3.92. The maximum Gasteiger partial charge on any atom is 0.118 e. The molecule has 2 rings (SSSR count). The van der Waals surface area contributed by atoms with Crippen LogP contribution in [0.15, 0.2) is 36.7 Å². The van der Waals surface area contributed by atoms with E-state index < -0.39 is 0 Å². The number of aliphatic hydroxyl groups excluding tert-OH is 1. The first-order valence-corrected chi connectivity index (χ1v) is 5.82. The van der Waals surface area contributed by atoms with E-state index in [1.807, 2.05) is 30.5 Å². The molecule has 0 aliphatic rings. The molecule has 104 valence electrons. The summed E-state index contributed by atoms with van der Waals surface area (Å²) in [5, 5.41) is 16.2. The minimum absolute atomic E-state index is 0. The topological polar surface area (TPSA) is 59.3 Å². The minimum Gasteiger partial charge on any atom is -0.497 e. The van der Waals surface area contributed by atoms with Gasteiger partial charge >= 0.3 is 0 Å². The smallest absolute Gasteiger partial charge is 0.118 e. The van der Waals surface area contributed by atoms with Gasteiger partial charge in [0, 0.05) is 12.7 Å². The second kappa shape index (κ2) is 7.66. The summed E-state index contributed by atoms with van der Waals surface area (Å²) in [4.78, 5) is 0. The van der Waals surface area contributed by atoms with E-state index in [0.29, 0.717) is 6.54 Å². The number of nitrogens with one attached hydrogen (secondary N) is 1. The molecule has 0 fully saturated rings. The Kier molecular flexibility index (Phi) is 6.18. The molecule has 0 aliphatic carbocycles. The number of nitrogens with zero attached hydrogens (tertiary/aromatic N) is 2. The largest absolute Gasteiger partial charge is 0.497 e. The lowest BCUT2D eigenvalue weighted by Crippen LogP contribution is -2.02. The average Bonchev–Trinajstić information content (AvgIpc) is 2.85. The molecule has 0 radical (unpaired) electrons. The molecule has 0 bridgehead atoms. The molecule has 2 N–H and O–H groups in total. The van der Waals surface area contributed by atoms with Crippen LogP contribution in [0.25, 0.3) is 0 Å². The number of methoxy groups -OCH3 is 1. The highest BCUT2D eigenvalue weighted by atomic mass is 35.5. The van der Waals surface area contributed by atoms with Crippen molar-refractivity contribution in [3.8, 4) is 5.75 Å². The van der Waals surface area contributed by atoms with Crippen LogP contribution in [0.2, 0.25) is 0 Å². The summed E-state index contributed by atoms with van der Waals surface area (Å²) in [7, 11) is 1.66. The molecular weight excluding hydrogens is 266 g/mol. The zero-order chi connectivity index (χ0) is 12.8. The van der Waals surface area contributed by atoms with Crippen molar-refractivity contribution >= 4 is 18.1 Å². The summed E-state index contributed by atoms with van der Waals surface area (Å²) in [6.07, 6.45) is 3.62. The van der Waals surface area contributed by atoms with Crippen molar-refractivity contribution in [2.24, 2.45) is 0 Å². The highest BCUT2D eigenvalue weighted by molar-refractivity contribution is 5.85. The molecular formula is C13H18ClN3O2. The van der Waals surface area contributed by atoms with Crippen LogP contribution in [0.4, 0.5) is 5.69 Å². The Bertz CT molecular complexity index is 485. The lowest BCUT2D eigenvalue weighted by Gasteiger charge is -2.05. The van der Waals surface area contributed by atoms with Gasteiger partial charge in [0.1, 0.15) is 5.75 Å². The molecule has 0 aliphatic heterocycles. The molecule has 0 saturated carbocycles. The molecule has 19 heavy (non-hydrogen) atoms. The molecule has 0 unspecified atom stereocenters. The number of halogens is 1. The quantitative estimate of drug-likeness (QED) is 0.850. The van der Waals surface area contributed by atoms with E-state index in [2.05, 4.69) is 10.4 Å². The van der Waals surface area contributed by atoms with Gasteiger partial charge in [-0.2, -0.15) is 5.10 Å². The summed E-state index contributed by atoms with van der Waals surface area (Å²) >= 11 is 0. The molecule has 5 nitrogen and oxygen atoms in total. The fourth-order valence-electron chi connectivity index (χ4n) is 1.63. The Labute approximate surface area is 118 Å². The van der Waals surface area contributed by atoms with Gasteiger partial charge in [-0.15, -0.1) is 12.4 Å². The van der Waals surface area contributed by atoms with Crippen LogP contribution < -0.4 is 10.1 Å². The Hall–Kier alpha value is -1.72. The number of aromatic nitrogens is 2. The van der Waals surface area contributed by atoms with E-state index in [0.717, 1.165) is 18.0 Å². The Morgan fingerprint density at radius 3 is 2.68 bits per heavy atom. The van der Waals surface area contributed by atoms with Crippen molar-refractivity contribution in [3.05, 3.63) is 42.2 Å². The first kappa shape index (κ1) is 15.3. The van der Waals surface area contributed by atoms with Crippen molar-refractivity contribution in [2.75, 3.05) is 19.0 Å².